The summed E-state index contributed by atoms with van der Waals surface area (Å²) < 4.78 is 4.81. The first-order valence-electron chi connectivity index (χ1n) is 5.62. The Bertz CT molecular complexity index is 337. The number of hydrogen-bond donors (Lipinski definition) is 0. The molecule has 1 aliphatic heterocycles. The Morgan fingerprint density at radius 2 is 2.56 bits per heavy atom. The minimum Gasteiger partial charge on any atom is -0.469 e. The molecule has 1 saturated heterocycles. The summed E-state index contributed by atoms with van der Waals surface area (Å²) >= 11 is 1.77. The average molecular weight is 239 g/mol. The topological polar surface area (TPSA) is 29.5 Å². The zero-order valence-electron chi connectivity index (χ0n) is 9.52. The first-order valence-corrected chi connectivity index (χ1v) is 6.50. The smallest absolute Gasteiger partial charge is 0.309 e. The Balaban J connectivity index is 1.89. The summed E-state index contributed by atoms with van der Waals surface area (Å²) in [6.45, 7) is 2.89. The highest BCUT2D eigenvalue weighted by Crippen LogP contribution is 2.21. The normalized spacial score (nSPS) is 21.9. The first-order chi connectivity index (χ1) is 7.79. The molecule has 0 saturated carbocycles. The molecule has 4 heteroatoms. The molecule has 1 aromatic rings. The lowest BCUT2D eigenvalue weighted by Gasteiger charge is -2.30. The fraction of sp³-hybridized carbons (Fsp3) is 0.583. The zero-order valence-corrected chi connectivity index (χ0v) is 10.3. The molecular weight excluding hydrogens is 222 g/mol. The fourth-order valence-corrected chi connectivity index (χ4v) is 2.93. The molecule has 88 valence electrons. The van der Waals surface area contributed by atoms with E-state index in [1.54, 1.807) is 11.3 Å². The Kier molecular flexibility index (Phi) is 3.96. The highest BCUT2D eigenvalue weighted by molar-refractivity contribution is 7.09. The van der Waals surface area contributed by atoms with Crippen molar-refractivity contribution in [1.29, 1.82) is 0 Å². The molecule has 0 radical (unpaired) electrons. The van der Waals surface area contributed by atoms with E-state index in [4.69, 9.17) is 4.74 Å². The number of methoxy groups -OCH3 is 1. The van der Waals surface area contributed by atoms with Crippen molar-refractivity contribution in [2.24, 2.45) is 5.92 Å². The molecule has 2 heterocycles. The van der Waals surface area contributed by atoms with Crippen LogP contribution in [0.1, 0.15) is 17.7 Å². The van der Waals surface area contributed by atoms with Gasteiger partial charge in [0.1, 0.15) is 0 Å². The quantitative estimate of drug-likeness (QED) is 0.757. The number of piperidine rings is 1. The molecule has 1 atom stereocenters. The molecule has 0 aliphatic carbocycles. The molecule has 16 heavy (non-hydrogen) atoms. The van der Waals surface area contributed by atoms with Crippen molar-refractivity contribution in [2.75, 3.05) is 20.2 Å². The summed E-state index contributed by atoms with van der Waals surface area (Å²) in [7, 11) is 1.47. The van der Waals surface area contributed by atoms with E-state index >= 15 is 0 Å². The maximum atomic E-state index is 11.5. The Labute approximate surface area is 100 Å². The van der Waals surface area contributed by atoms with Crippen LogP contribution < -0.4 is 0 Å². The average Bonchev–Trinajstić information content (AvgIpc) is 2.81. The summed E-state index contributed by atoms with van der Waals surface area (Å²) in [5.41, 5.74) is 0. The predicted molar refractivity (Wildman–Crippen MR) is 64.3 cm³/mol. The van der Waals surface area contributed by atoms with Crippen LogP contribution in [0.2, 0.25) is 0 Å². The largest absolute Gasteiger partial charge is 0.469 e. The SMILES string of the molecule is COC(=O)C1CCCN(Cc2cccs2)C1. The van der Waals surface area contributed by atoms with Crippen molar-refractivity contribution >= 4 is 17.3 Å². The van der Waals surface area contributed by atoms with Crippen LogP contribution in [0.15, 0.2) is 17.5 Å². The minimum absolute atomic E-state index is 0.0594. The number of ether oxygens (including phenoxy) is 1. The van der Waals surface area contributed by atoms with E-state index < -0.39 is 0 Å². The summed E-state index contributed by atoms with van der Waals surface area (Å²) in [4.78, 5) is 15.2. The maximum absolute atomic E-state index is 11.5. The van der Waals surface area contributed by atoms with Crippen molar-refractivity contribution in [2.45, 2.75) is 19.4 Å². The molecule has 0 amide bonds. The Morgan fingerprint density at radius 1 is 1.69 bits per heavy atom. The molecule has 1 aromatic heterocycles. The number of nitrogens with zero attached hydrogens (tertiary/aromatic N) is 1. The number of likely N-dealkylation sites (tertiary alicyclic amines) is 1. The van der Waals surface area contributed by atoms with Gasteiger partial charge in [-0.3, -0.25) is 9.69 Å². The second-order valence-corrected chi connectivity index (χ2v) is 5.21. The zero-order chi connectivity index (χ0) is 11.4. The lowest BCUT2D eigenvalue weighted by molar-refractivity contribution is -0.147. The number of carbonyl (C=O) groups is 1. The second-order valence-electron chi connectivity index (χ2n) is 4.18. The molecule has 2 rings (SSSR count). The molecule has 1 unspecified atom stereocenters. The lowest BCUT2D eigenvalue weighted by Crippen LogP contribution is -2.38. The van der Waals surface area contributed by atoms with Gasteiger partial charge in [-0.1, -0.05) is 6.07 Å². The monoisotopic (exact) mass is 239 g/mol. The molecule has 0 aromatic carbocycles. The van der Waals surface area contributed by atoms with Gasteiger partial charge < -0.3 is 4.74 Å². The van der Waals surface area contributed by atoms with E-state index in [9.17, 15) is 4.79 Å². The van der Waals surface area contributed by atoms with Gasteiger partial charge in [-0.2, -0.15) is 0 Å². The maximum Gasteiger partial charge on any atom is 0.309 e. The van der Waals surface area contributed by atoms with Crippen molar-refractivity contribution in [1.82, 2.24) is 4.90 Å². The third kappa shape index (κ3) is 2.83. The number of rotatable bonds is 3. The van der Waals surface area contributed by atoms with Gasteiger partial charge in [-0.25, -0.2) is 0 Å². The molecule has 0 spiro atoms. The third-order valence-electron chi connectivity index (χ3n) is 3.00. The fourth-order valence-electron chi connectivity index (χ4n) is 2.18. The van der Waals surface area contributed by atoms with Gasteiger partial charge in [0.15, 0.2) is 0 Å². The molecular formula is C12H17NO2S. The summed E-state index contributed by atoms with van der Waals surface area (Å²) in [6, 6.07) is 4.22. The summed E-state index contributed by atoms with van der Waals surface area (Å²) in [5.74, 6) is 0.00888. The van der Waals surface area contributed by atoms with Crippen molar-refractivity contribution < 1.29 is 9.53 Å². The Hall–Kier alpha value is -0.870. The first kappa shape index (κ1) is 11.6. The van der Waals surface area contributed by atoms with Gasteiger partial charge >= 0.3 is 5.97 Å². The van der Waals surface area contributed by atoms with Crippen LogP contribution >= 0.6 is 11.3 Å². The van der Waals surface area contributed by atoms with E-state index in [1.165, 1.54) is 12.0 Å². The van der Waals surface area contributed by atoms with Gasteiger partial charge in [0, 0.05) is 18.0 Å². The van der Waals surface area contributed by atoms with Crippen LogP contribution in [-0.4, -0.2) is 31.1 Å². The summed E-state index contributed by atoms with van der Waals surface area (Å²) in [5, 5.41) is 2.09. The van der Waals surface area contributed by atoms with E-state index in [1.807, 2.05) is 0 Å². The van der Waals surface area contributed by atoms with Crippen LogP contribution in [0.4, 0.5) is 0 Å². The van der Waals surface area contributed by atoms with Crippen molar-refractivity contribution in [3.8, 4) is 0 Å². The molecule has 1 aliphatic rings. The highest BCUT2D eigenvalue weighted by atomic mass is 32.1. The van der Waals surface area contributed by atoms with E-state index in [0.717, 1.165) is 32.5 Å². The summed E-state index contributed by atoms with van der Waals surface area (Å²) in [6.07, 6.45) is 2.05. The van der Waals surface area contributed by atoms with E-state index in [-0.39, 0.29) is 11.9 Å². The van der Waals surface area contributed by atoms with Crippen molar-refractivity contribution in [3.05, 3.63) is 22.4 Å². The molecule has 3 nitrogen and oxygen atoms in total. The van der Waals surface area contributed by atoms with Crippen LogP contribution in [0.5, 0.6) is 0 Å². The molecule has 1 fully saturated rings. The number of thiophene rings is 1. The second kappa shape index (κ2) is 5.46. The van der Waals surface area contributed by atoms with E-state index in [0.29, 0.717) is 0 Å². The van der Waals surface area contributed by atoms with Gasteiger partial charge in [0.25, 0.3) is 0 Å². The van der Waals surface area contributed by atoms with Gasteiger partial charge in [-0.15, -0.1) is 11.3 Å². The number of hydrogen-bond acceptors (Lipinski definition) is 4. The van der Waals surface area contributed by atoms with Gasteiger partial charge in [0.2, 0.25) is 0 Å². The Morgan fingerprint density at radius 3 is 3.25 bits per heavy atom. The van der Waals surface area contributed by atoms with Crippen LogP contribution in [0.3, 0.4) is 0 Å². The van der Waals surface area contributed by atoms with Crippen molar-refractivity contribution in [3.63, 3.8) is 0 Å². The number of esters is 1. The van der Waals surface area contributed by atoms with Crippen LogP contribution in [0.25, 0.3) is 0 Å². The predicted octanol–water partition coefficient (Wildman–Crippen LogP) is 2.13. The number of carbonyl (C=O) groups excluding carboxylic acids is 1. The minimum atomic E-state index is -0.0594. The third-order valence-corrected chi connectivity index (χ3v) is 3.86. The molecule has 0 bridgehead atoms. The molecule has 0 N–H and O–H groups in total. The van der Waals surface area contributed by atoms with E-state index in [2.05, 4.69) is 22.4 Å². The van der Waals surface area contributed by atoms with Crippen LogP contribution in [0, 0.1) is 5.92 Å². The standard InChI is InChI=1S/C12H17NO2S/c1-15-12(14)10-4-2-6-13(8-10)9-11-5-3-7-16-11/h3,5,7,10H,2,4,6,8-9H2,1H3. The lowest BCUT2D eigenvalue weighted by atomic mass is 9.98. The highest BCUT2D eigenvalue weighted by Gasteiger charge is 2.26. The van der Waals surface area contributed by atoms with Crippen LogP contribution in [-0.2, 0) is 16.1 Å². The van der Waals surface area contributed by atoms with Gasteiger partial charge in [0.05, 0.1) is 13.0 Å². The van der Waals surface area contributed by atoms with Gasteiger partial charge in [-0.05, 0) is 30.8 Å².